The minimum absolute atomic E-state index is 0.00898. The molecule has 0 bridgehead atoms. The molecule has 0 aliphatic rings. The molecule has 0 aliphatic heterocycles. The monoisotopic (exact) mass is 273 g/mol. The Balaban J connectivity index is 3.19. The molecule has 1 rings (SSSR count). The Morgan fingerprint density at radius 3 is 2.60 bits per heavy atom. The maximum atomic E-state index is 13.2. The summed E-state index contributed by atoms with van der Waals surface area (Å²) in [6.07, 6.45) is 2.15. The van der Waals surface area contributed by atoms with E-state index in [-0.39, 0.29) is 11.2 Å². The summed E-state index contributed by atoms with van der Waals surface area (Å²) in [4.78, 5) is 4.30. The first kappa shape index (κ1) is 12.6. The number of rotatable bonds is 3. The zero-order valence-corrected chi connectivity index (χ0v) is 11.3. The quantitative estimate of drug-likeness (QED) is 0.746. The fourth-order valence-electron chi connectivity index (χ4n) is 1.99. The molecule has 0 atom stereocenters. The molecule has 0 spiro atoms. The van der Waals surface area contributed by atoms with Crippen LogP contribution in [0.15, 0.2) is 10.7 Å². The first-order chi connectivity index (χ1) is 6.88. The molecular formula is C12H17BrFN. The molecule has 0 amide bonds. The molecule has 0 aliphatic carbocycles. The fraction of sp³-hybridized carbons (Fsp3) is 0.583. The maximum Gasteiger partial charge on any atom is 0.156 e. The van der Waals surface area contributed by atoms with Crippen LogP contribution in [0.25, 0.3) is 0 Å². The van der Waals surface area contributed by atoms with Gasteiger partial charge < -0.3 is 0 Å². The van der Waals surface area contributed by atoms with Gasteiger partial charge in [0.05, 0.1) is 5.69 Å². The lowest BCUT2D eigenvalue weighted by Crippen LogP contribution is -2.20. The molecule has 0 unspecified atom stereocenters. The number of aryl methyl sites for hydroxylation is 1. The van der Waals surface area contributed by atoms with E-state index in [2.05, 4.69) is 41.7 Å². The van der Waals surface area contributed by atoms with Crippen LogP contribution in [0.5, 0.6) is 0 Å². The topological polar surface area (TPSA) is 12.9 Å². The van der Waals surface area contributed by atoms with Gasteiger partial charge in [-0.15, -0.1) is 0 Å². The van der Waals surface area contributed by atoms with Gasteiger partial charge in [-0.25, -0.2) is 9.37 Å². The lowest BCUT2D eigenvalue weighted by molar-refractivity contribution is 0.452. The summed E-state index contributed by atoms with van der Waals surface area (Å²) < 4.78 is 13.5. The van der Waals surface area contributed by atoms with E-state index >= 15 is 0 Å². The molecule has 3 heteroatoms. The fourth-order valence-corrected chi connectivity index (χ4v) is 2.28. The molecule has 1 aromatic rings. The van der Waals surface area contributed by atoms with E-state index < -0.39 is 0 Å². The SMILES string of the molecule is CCCC(C)(C)c1nc(Br)c(F)cc1C. The van der Waals surface area contributed by atoms with Gasteiger partial charge in [0, 0.05) is 5.41 Å². The van der Waals surface area contributed by atoms with Gasteiger partial charge in [0.2, 0.25) is 0 Å². The Morgan fingerprint density at radius 1 is 1.47 bits per heavy atom. The lowest BCUT2D eigenvalue weighted by atomic mass is 9.82. The van der Waals surface area contributed by atoms with Gasteiger partial charge in [0.25, 0.3) is 0 Å². The highest BCUT2D eigenvalue weighted by molar-refractivity contribution is 9.10. The first-order valence-electron chi connectivity index (χ1n) is 5.21. The Bertz CT molecular complexity index is 361. The molecule has 0 saturated heterocycles. The van der Waals surface area contributed by atoms with Crippen LogP contribution < -0.4 is 0 Å². The van der Waals surface area contributed by atoms with Crippen molar-refractivity contribution in [1.29, 1.82) is 0 Å². The van der Waals surface area contributed by atoms with Crippen LogP contribution in [0, 0.1) is 12.7 Å². The van der Waals surface area contributed by atoms with Crippen molar-refractivity contribution >= 4 is 15.9 Å². The molecular weight excluding hydrogens is 257 g/mol. The third kappa shape index (κ3) is 2.77. The van der Waals surface area contributed by atoms with Crippen LogP contribution in [0.1, 0.15) is 44.9 Å². The number of pyridine rings is 1. The second kappa shape index (κ2) is 4.60. The van der Waals surface area contributed by atoms with Crippen molar-refractivity contribution in [2.24, 2.45) is 0 Å². The van der Waals surface area contributed by atoms with Gasteiger partial charge >= 0.3 is 0 Å². The van der Waals surface area contributed by atoms with Gasteiger partial charge in [-0.05, 0) is 40.9 Å². The van der Waals surface area contributed by atoms with Crippen LogP contribution in [0.4, 0.5) is 4.39 Å². The van der Waals surface area contributed by atoms with Crippen LogP contribution in [0.3, 0.4) is 0 Å². The molecule has 0 saturated carbocycles. The van der Waals surface area contributed by atoms with E-state index in [1.165, 1.54) is 0 Å². The molecule has 84 valence electrons. The van der Waals surface area contributed by atoms with Crippen LogP contribution in [-0.4, -0.2) is 4.98 Å². The Kier molecular flexibility index (Phi) is 3.87. The summed E-state index contributed by atoms with van der Waals surface area (Å²) >= 11 is 3.14. The summed E-state index contributed by atoms with van der Waals surface area (Å²) in [5.41, 5.74) is 1.92. The molecule has 0 radical (unpaired) electrons. The number of nitrogens with zero attached hydrogens (tertiary/aromatic N) is 1. The number of halogens is 2. The highest BCUT2D eigenvalue weighted by Gasteiger charge is 2.24. The van der Waals surface area contributed by atoms with Gasteiger partial charge in [-0.3, -0.25) is 0 Å². The Labute approximate surface area is 99.2 Å². The summed E-state index contributed by atoms with van der Waals surface area (Å²) in [6, 6.07) is 1.55. The summed E-state index contributed by atoms with van der Waals surface area (Å²) in [7, 11) is 0. The van der Waals surface area contributed by atoms with Crippen molar-refractivity contribution in [2.45, 2.75) is 46.0 Å². The minimum Gasteiger partial charge on any atom is -0.242 e. The molecule has 1 aromatic heterocycles. The average molecular weight is 274 g/mol. The molecule has 0 N–H and O–H groups in total. The van der Waals surface area contributed by atoms with Crippen molar-refractivity contribution in [2.75, 3.05) is 0 Å². The molecule has 15 heavy (non-hydrogen) atoms. The molecule has 0 fully saturated rings. The van der Waals surface area contributed by atoms with Crippen molar-refractivity contribution in [3.8, 4) is 0 Å². The predicted octanol–water partition coefficient (Wildman–Crippen LogP) is 4.37. The normalized spacial score (nSPS) is 11.9. The summed E-state index contributed by atoms with van der Waals surface area (Å²) in [5.74, 6) is -0.288. The summed E-state index contributed by atoms with van der Waals surface area (Å²) in [6.45, 7) is 8.36. The highest BCUT2D eigenvalue weighted by atomic mass is 79.9. The largest absolute Gasteiger partial charge is 0.242 e. The molecule has 0 aromatic carbocycles. The second-order valence-corrected chi connectivity index (χ2v) is 5.31. The first-order valence-corrected chi connectivity index (χ1v) is 6.01. The van der Waals surface area contributed by atoms with Crippen molar-refractivity contribution in [3.63, 3.8) is 0 Å². The van der Waals surface area contributed by atoms with Crippen LogP contribution >= 0.6 is 15.9 Å². The smallest absolute Gasteiger partial charge is 0.156 e. The minimum atomic E-state index is -0.288. The van der Waals surface area contributed by atoms with Gasteiger partial charge in [-0.2, -0.15) is 0 Å². The third-order valence-corrected chi connectivity index (χ3v) is 3.20. The van der Waals surface area contributed by atoms with E-state index in [9.17, 15) is 4.39 Å². The predicted molar refractivity (Wildman–Crippen MR) is 64.6 cm³/mol. The second-order valence-electron chi connectivity index (χ2n) is 4.56. The lowest BCUT2D eigenvalue weighted by Gasteiger charge is -2.25. The zero-order chi connectivity index (χ0) is 11.6. The van der Waals surface area contributed by atoms with E-state index in [4.69, 9.17) is 0 Å². The maximum absolute atomic E-state index is 13.2. The number of hydrogen-bond donors (Lipinski definition) is 0. The Hall–Kier alpha value is -0.440. The molecule has 1 nitrogen and oxygen atoms in total. The highest BCUT2D eigenvalue weighted by Crippen LogP contribution is 2.31. The van der Waals surface area contributed by atoms with Crippen molar-refractivity contribution in [1.82, 2.24) is 4.98 Å². The number of hydrogen-bond acceptors (Lipinski definition) is 1. The van der Waals surface area contributed by atoms with Crippen molar-refractivity contribution in [3.05, 3.63) is 27.7 Å². The number of aromatic nitrogens is 1. The van der Waals surface area contributed by atoms with Gasteiger partial charge in [-0.1, -0.05) is 27.2 Å². The summed E-state index contributed by atoms with van der Waals surface area (Å²) in [5, 5.41) is 0. The molecule has 1 heterocycles. The van der Waals surface area contributed by atoms with Gasteiger partial charge in [0.15, 0.2) is 5.82 Å². The zero-order valence-electron chi connectivity index (χ0n) is 9.69. The Morgan fingerprint density at radius 2 is 2.07 bits per heavy atom. The van der Waals surface area contributed by atoms with E-state index in [0.717, 1.165) is 24.1 Å². The van der Waals surface area contributed by atoms with Gasteiger partial charge in [0.1, 0.15) is 4.60 Å². The van der Waals surface area contributed by atoms with Crippen LogP contribution in [0.2, 0.25) is 0 Å². The third-order valence-electron chi connectivity index (χ3n) is 2.64. The average Bonchev–Trinajstić information content (AvgIpc) is 2.11. The van der Waals surface area contributed by atoms with Crippen LogP contribution in [-0.2, 0) is 5.41 Å². The van der Waals surface area contributed by atoms with E-state index in [1.54, 1.807) is 6.07 Å². The standard InChI is InChI=1S/C12H17BrFN/c1-5-6-12(3,4)10-8(2)7-9(14)11(13)15-10/h7H,5-6H2,1-4H3. The van der Waals surface area contributed by atoms with E-state index in [1.807, 2.05) is 6.92 Å². The van der Waals surface area contributed by atoms with E-state index in [0.29, 0.717) is 4.60 Å². The van der Waals surface area contributed by atoms with Crippen molar-refractivity contribution < 1.29 is 4.39 Å².